The summed E-state index contributed by atoms with van der Waals surface area (Å²) < 4.78 is 1.64. The van der Waals surface area contributed by atoms with Crippen molar-refractivity contribution < 1.29 is 5.11 Å². The maximum atomic E-state index is 13.2. The number of fused-ring (bicyclic) bond motifs is 1. The van der Waals surface area contributed by atoms with Crippen LogP contribution in [0, 0.1) is 5.92 Å². The van der Waals surface area contributed by atoms with Crippen LogP contribution in [0.4, 0.5) is 5.82 Å². The number of nitrogens with zero attached hydrogens (tertiary/aromatic N) is 3. The normalized spacial score (nSPS) is 19.7. The number of aromatic nitrogens is 2. The van der Waals surface area contributed by atoms with E-state index in [2.05, 4.69) is 28.1 Å². The quantitative estimate of drug-likeness (QED) is 0.704. The lowest BCUT2D eigenvalue weighted by Gasteiger charge is -2.33. The van der Waals surface area contributed by atoms with E-state index in [4.69, 9.17) is 11.6 Å². The van der Waals surface area contributed by atoms with Crippen LogP contribution in [0.5, 0.6) is 0 Å². The number of halogens is 1. The Morgan fingerprint density at radius 2 is 1.97 bits per heavy atom. The first-order valence-corrected chi connectivity index (χ1v) is 10.7. The summed E-state index contributed by atoms with van der Waals surface area (Å²) in [5, 5.41) is 11.1. The van der Waals surface area contributed by atoms with Crippen LogP contribution in [0.2, 0.25) is 5.02 Å². The fourth-order valence-corrected chi connectivity index (χ4v) is 4.63. The lowest BCUT2D eigenvalue weighted by Crippen LogP contribution is -2.39. The minimum Gasteiger partial charge on any atom is -0.396 e. The second kappa shape index (κ2) is 7.47. The SMILES string of the molecule is O=c1nc(N2CCCC(CO)C2)c2ccc(C3CC3)cc2n1-c1ccccc1Cl. The second-order valence-electron chi connectivity index (χ2n) is 8.19. The third kappa shape index (κ3) is 3.43. The minimum absolute atomic E-state index is 0.164. The number of hydrogen-bond acceptors (Lipinski definition) is 4. The maximum Gasteiger partial charge on any atom is 0.354 e. The molecule has 5 nitrogen and oxygen atoms in total. The van der Waals surface area contributed by atoms with Crippen LogP contribution < -0.4 is 10.6 Å². The summed E-state index contributed by atoms with van der Waals surface area (Å²) in [6.45, 7) is 1.73. The number of para-hydroxylation sites is 1. The van der Waals surface area contributed by atoms with Gasteiger partial charge in [0.25, 0.3) is 0 Å². The Morgan fingerprint density at radius 3 is 2.72 bits per heavy atom. The van der Waals surface area contributed by atoms with Crippen molar-refractivity contribution in [3.8, 4) is 5.69 Å². The topological polar surface area (TPSA) is 58.4 Å². The number of piperidine rings is 1. The zero-order valence-corrected chi connectivity index (χ0v) is 17.0. The monoisotopic (exact) mass is 409 g/mol. The molecule has 5 rings (SSSR count). The molecule has 1 N–H and O–H groups in total. The first-order chi connectivity index (χ1) is 14.2. The first-order valence-electron chi connectivity index (χ1n) is 10.3. The predicted molar refractivity (Wildman–Crippen MR) is 116 cm³/mol. The molecule has 2 aliphatic rings. The summed E-state index contributed by atoms with van der Waals surface area (Å²) in [5.74, 6) is 1.52. The van der Waals surface area contributed by atoms with E-state index in [1.807, 2.05) is 18.2 Å². The van der Waals surface area contributed by atoms with E-state index < -0.39 is 0 Å². The summed E-state index contributed by atoms with van der Waals surface area (Å²) in [6, 6.07) is 13.8. The van der Waals surface area contributed by atoms with Crippen molar-refractivity contribution in [3.63, 3.8) is 0 Å². The molecule has 1 saturated carbocycles. The molecule has 150 valence electrons. The van der Waals surface area contributed by atoms with Gasteiger partial charge in [-0.15, -0.1) is 0 Å². The number of anilines is 1. The largest absolute Gasteiger partial charge is 0.396 e. The molecule has 1 saturated heterocycles. The van der Waals surface area contributed by atoms with Gasteiger partial charge in [0.1, 0.15) is 5.82 Å². The Kier molecular flexibility index (Phi) is 4.80. The van der Waals surface area contributed by atoms with Gasteiger partial charge in [-0.3, -0.25) is 4.57 Å². The number of aliphatic hydroxyl groups is 1. The zero-order valence-electron chi connectivity index (χ0n) is 16.2. The molecule has 29 heavy (non-hydrogen) atoms. The Bertz CT molecular complexity index is 1120. The summed E-state index contributed by atoms with van der Waals surface area (Å²) in [7, 11) is 0. The molecule has 1 aliphatic heterocycles. The molecule has 3 aromatic rings. The van der Waals surface area contributed by atoms with Gasteiger partial charge in [0, 0.05) is 25.1 Å². The molecule has 0 spiro atoms. The molecule has 1 aromatic heterocycles. The van der Waals surface area contributed by atoms with Crippen LogP contribution >= 0.6 is 11.6 Å². The van der Waals surface area contributed by atoms with E-state index in [0.29, 0.717) is 22.4 Å². The maximum absolute atomic E-state index is 13.2. The van der Waals surface area contributed by atoms with Crippen molar-refractivity contribution in [2.45, 2.75) is 31.6 Å². The average molecular weight is 410 g/mol. The van der Waals surface area contributed by atoms with Crippen molar-refractivity contribution in [3.05, 3.63) is 63.5 Å². The smallest absolute Gasteiger partial charge is 0.354 e. The third-order valence-corrected chi connectivity index (χ3v) is 6.43. The standard InChI is InChI=1S/C23H24ClN3O2/c24-19-5-1-2-6-20(19)27-21-12-17(16-7-8-16)9-10-18(21)22(25-23(27)29)26-11-3-4-15(13-26)14-28/h1-2,5-6,9-10,12,15-16,28H,3-4,7-8,11,13-14H2. The van der Waals surface area contributed by atoms with E-state index in [9.17, 15) is 9.90 Å². The number of hydrogen-bond donors (Lipinski definition) is 1. The highest BCUT2D eigenvalue weighted by Crippen LogP contribution is 2.42. The van der Waals surface area contributed by atoms with Gasteiger partial charge in [-0.1, -0.05) is 29.8 Å². The first kappa shape index (κ1) is 18.6. The van der Waals surface area contributed by atoms with Crippen molar-refractivity contribution in [2.75, 3.05) is 24.6 Å². The van der Waals surface area contributed by atoms with Gasteiger partial charge in [0.2, 0.25) is 0 Å². The lowest BCUT2D eigenvalue weighted by molar-refractivity contribution is 0.208. The van der Waals surface area contributed by atoms with Gasteiger partial charge in [0.15, 0.2) is 0 Å². The van der Waals surface area contributed by atoms with E-state index in [1.165, 1.54) is 18.4 Å². The summed E-state index contributed by atoms with van der Waals surface area (Å²) in [6.07, 6.45) is 4.39. The fraction of sp³-hybridized carbons (Fsp3) is 0.391. The molecule has 0 amide bonds. The molecule has 2 heterocycles. The van der Waals surface area contributed by atoms with Crippen LogP contribution in [-0.4, -0.2) is 34.4 Å². The summed E-state index contributed by atoms with van der Waals surface area (Å²) >= 11 is 6.45. The van der Waals surface area contributed by atoms with E-state index in [-0.39, 0.29) is 18.2 Å². The summed E-state index contributed by atoms with van der Waals surface area (Å²) in [5.41, 5.74) is 2.45. The van der Waals surface area contributed by atoms with Crippen molar-refractivity contribution >= 4 is 28.3 Å². The average Bonchev–Trinajstić information content (AvgIpc) is 3.59. The highest BCUT2D eigenvalue weighted by atomic mass is 35.5. The fourth-order valence-electron chi connectivity index (χ4n) is 4.41. The Hall–Kier alpha value is -2.37. The van der Waals surface area contributed by atoms with Gasteiger partial charge in [-0.2, -0.15) is 4.98 Å². The molecule has 2 fully saturated rings. The van der Waals surface area contributed by atoms with Gasteiger partial charge < -0.3 is 10.0 Å². The minimum atomic E-state index is -0.320. The second-order valence-corrected chi connectivity index (χ2v) is 8.60. The Labute approximate surface area is 174 Å². The Balaban J connectivity index is 1.74. The van der Waals surface area contributed by atoms with Crippen LogP contribution in [0.25, 0.3) is 16.6 Å². The molecular weight excluding hydrogens is 386 g/mol. The number of aliphatic hydroxyl groups excluding tert-OH is 1. The van der Waals surface area contributed by atoms with Crippen LogP contribution in [-0.2, 0) is 0 Å². The number of benzene rings is 2. The van der Waals surface area contributed by atoms with E-state index >= 15 is 0 Å². The highest BCUT2D eigenvalue weighted by molar-refractivity contribution is 6.32. The van der Waals surface area contributed by atoms with E-state index in [0.717, 1.165) is 36.8 Å². The molecule has 0 bridgehead atoms. The van der Waals surface area contributed by atoms with Gasteiger partial charge >= 0.3 is 5.69 Å². The van der Waals surface area contributed by atoms with Gasteiger partial charge in [0.05, 0.1) is 16.2 Å². The molecule has 0 radical (unpaired) electrons. The molecule has 1 atom stereocenters. The van der Waals surface area contributed by atoms with Crippen molar-refractivity contribution in [1.29, 1.82) is 0 Å². The van der Waals surface area contributed by atoms with Crippen LogP contribution in [0.3, 0.4) is 0 Å². The molecule has 1 aliphatic carbocycles. The van der Waals surface area contributed by atoms with Crippen LogP contribution in [0.15, 0.2) is 47.3 Å². The number of rotatable bonds is 4. The predicted octanol–water partition coefficient (Wildman–Crippen LogP) is 4.13. The van der Waals surface area contributed by atoms with Gasteiger partial charge in [-0.25, -0.2) is 4.79 Å². The summed E-state index contributed by atoms with van der Waals surface area (Å²) in [4.78, 5) is 19.9. The van der Waals surface area contributed by atoms with Crippen molar-refractivity contribution in [1.82, 2.24) is 9.55 Å². The Morgan fingerprint density at radius 1 is 1.14 bits per heavy atom. The molecule has 2 aromatic carbocycles. The van der Waals surface area contributed by atoms with Crippen molar-refractivity contribution in [2.24, 2.45) is 5.92 Å². The molecular formula is C23H24ClN3O2. The molecule has 6 heteroatoms. The lowest BCUT2D eigenvalue weighted by atomic mass is 9.98. The van der Waals surface area contributed by atoms with Gasteiger partial charge in [-0.05, 0) is 67.3 Å². The highest BCUT2D eigenvalue weighted by Gasteiger charge is 2.27. The third-order valence-electron chi connectivity index (χ3n) is 6.12. The van der Waals surface area contributed by atoms with E-state index in [1.54, 1.807) is 10.6 Å². The zero-order chi connectivity index (χ0) is 20.0. The van der Waals surface area contributed by atoms with Crippen LogP contribution in [0.1, 0.15) is 37.2 Å². The molecule has 1 unspecified atom stereocenters.